The summed E-state index contributed by atoms with van der Waals surface area (Å²) in [4.78, 5) is 12.5. The fraction of sp³-hybridized carbons (Fsp3) is 0.458. The summed E-state index contributed by atoms with van der Waals surface area (Å²) >= 11 is 0. The highest BCUT2D eigenvalue weighted by molar-refractivity contribution is 7.92. The van der Waals surface area contributed by atoms with E-state index >= 15 is 0 Å². The highest BCUT2D eigenvalue weighted by Crippen LogP contribution is 2.26. The molecule has 1 aliphatic rings. The molecule has 0 spiro atoms. The number of nitrogens with zero attached hydrogens (tertiary/aromatic N) is 1. The van der Waals surface area contributed by atoms with Gasteiger partial charge in [0.2, 0.25) is 10.0 Å². The maximum Gasteiger partial charge on any atom is 0.251 e. The summed E-state index contributed by atoms with van der Waals surface area (Å²) in [7, 11) is -3.45. The highest BCUT2D eigenvalue weighted by atomic mass is 32.2. The third-order valence-corrected chi connectivity index (χ3v) is 6.97. The molecule has 1 aliphatic carbocycles. The number of aryl methyl sites for hydroxylation is 2. The van der Waals surface area contributed by atoms with Crippen LogP contribution in [-0.4, -0.2) is 27.1 Å². The molecule has 0 aliphatic heterocycles. The average Bonchev–Trinajstić information content (AvgIpc) is 2.71. The molecule has 2 aromatic rings. The van der Waals surface area contributed by atoms with Gasteiger partial charge in [0.25, 0.3) is 5.91 Å². The van der Waals surface area contributed by atoms with E-state index < -0.39 is 10.0 Å². The van der Waals surface area contributed by atoms with Crippen molar-refractivity contribution in [3.05, 3.63) is 64.7 Å². The van der Waals surface area contributed by atoms with E-state index in [4.69, 9.17) is 0 Å². The molecule has 0 heterocycles. The van der Waals surface area contributed by atoms with E-state index in [-0.39, 0.29) is 12.5 Å². The maximum atomic E-state index is 12.5. The van der Waals surface area contributed by atoms with Gasteiger partial charge >= 0.3 is 0 Å². The Labute approximate surface area is 180 Å². The normalized spacial score (nSPS) is 15.0. The number of anilines is 1. The summed E-state index contributed by atoms with van der Waals surface area (Å²) in [5.74, 6) is 0.518. The first kappa shape index (κ1) is 22.3. The van der Waals surface area contributed by atoms with Gasteiger partial charge in [-0.1, -0.05) is 49.1 Å². The molecule has 5 nitrogen and oxygen atoms in total. The molecule has 30 heavy (non-hydrogen) atoms. The van der Waals surface area contributed by atoms with Crippen LogP contribution in [-0.2, 0) is 16.6 Å². The molecule has 1 saturated carbocycles. The van der Waals surface area contributed by atoms with Crippen molar-refractivity contribution in [3.63, 3.8) is 0 Å². The van der Waals surface area contributed by atoms with Crippen molar-refractivity contribution in [1.29, 1.82) is 0 Å². The van der Waals surface area contributed by atoms with E-state index in [0.717, 1.165) is 23.2 Å². The Bertz CT molecular complexity index is 978. The second-order valence-corrected chi connectivity index (χ2v) is 10.4. The second-order valence-electron chi connectivity index (χ2n) is 8.47. The first-order valence-electron chi connectivity index (χ1n) is 10.7. The monoisotopic (exact) mass is 428 g/mol. The van der Waals surface area contributed by atoms with Crippen molar-refractivity contribution in [2.75, 3.05) is 17.1 Å². The van der Waals surface area contributed by atoms with E-state index in [1.54, 1.807) is 12.1 Å². The maximum absolute atomic E-state index is 12.5. The van der Waals surface area contributed by atoms with Gasteiger partial charge in [-0.15, -0.1) is 0 Å². The van der Waals surface area contributed by atoms with Crippen LogP contribution in [0.15, 0.2) is 42.5 Å². The smallest absolute Gasteiger partial charge is 0.251 e. The molecule has 2 aromatic carbocycles. The topological polar surface area (TPSA) is 66.5 Å². The van der Waals surface area contributed by atoms with Crippen LogP contribution in [0.3, 0.4) is 0 Å². The van der Waals surface area contributed by atoms with Crippen LogP contribution >= 0.6 is 0 Å². The lowest BCUT2D eigenvalue weighted by Gasteiger charge is -2.24. The molecule has 1 fully saturated rings. The van der Waals surface area contributed by atoms with Crippen molar-refractivity contribution in [2.24, 2.45) is 5.92 Å². The number of hydrogen-bond acceptors (Lipinski definition) is 3. The summed E-state index contributed by atoms with van der Waals surface area (Å²) in [6, 6.07) is 12.9. The Kier molecular flexibility index (Phi) is 7.19. The minimum absolute atomic E-state index is 0.0681. The first-order valence-corrected chi connectivity index (χ1v) is 12.5. The molecule has 3 rings (SSSR count). The number of amides is 1. The predicted octanol–water partition coefficient (Wildman–Crippen LogP) is 4.58. The van der Waals surface area contributed by atoms with Crippen LogP contribution in [0.4, 0.5) is 5.69 Å². The third kappa shape index (κ3) is 5.85. The largest absolute Gasteiger partial charge is 0.352 e. The summed E-state index contributed by atoms with van der Waals surface area (Å²) in [5.41, 5.74) is 4.13. The van der Waals surface area contributed by atoms with Gasteiger partial charge in [0, 0.05) is 12.1 Å². The van der Waals surface area contributed by atoms with Gasteiger partial charge in [-0.3, -0.25) is 9.10 Å². The number of benzene rings is 2. The zero-order chi connectivity index (χ0) is 21.7. The van der Waals surface area contributed by atoms with Crippen LogP contribution in [0, 0.1) is 19.8 Å². The van der Waals surface area contributed by atoms with Crippen molar-refractivity contribution < 1.29 is 13.2 Å². The Morgan fingerprint density at radius 2 is 1.70 bits per heavy atom. The molecule has 0 bridgehead atoms. The fourth-order valence-corrected chi connectivity index (χ4v) is 5.07. The van der Waals surface area contributed by atoms with Crippen molar-refractivity contribution >= 4 is 21.6 Å². The summed E-state index contributed by atoms with van der Waals surface area (Å²) in [6.45, 7) is 4.86. The van der Waals surface area contributed by atoms with Crippen molar-refractivity contribution in [3.8, 4) is 0 Å². The molecular weight excluding hydrogens is 396 g/mol. The van der Waals surface area contributed by atoms with E-state index in [1.165, 1.54) is 42.7 Å². The van der Waals surface area contributed by atoms with Crippen molar-refractivity contribution in [2.45, 2.75) is 52.5 Å². The molecule has 0 saturated heterocycles. The molecule has 0 unspecified atom stereocenters. The van der Waals surface area contributed by atoms with Crippen LogP contribution in [0.2, 0.25) is 0 Å². The predicted molar refractivity (Wildman–Crippen MR) is 122 cm³/mol. The number of hydrogen-bond donors (Lipinski definition) is 1. The van der Waals surface area contributed by atoms with Crippen LogP contribution in [0.1, 0.15) is 59.2 Å². The van der Waals surface area contributed by atoms with E-state index in [0.29, 0.717) is 17.2 Å². The second kappa shape index (κ2) is 9.65. The van der Waals surface area contributed by atoms with E-state index in [9.17, 15) is 13.2 Å². The van der Waals surface area contributed by atoms with Gasteiger partial charge in [-0.05, 0) is 61.9 Å². The third-order valence-electron chi connectivity index (χ3n) is 5.84. The summed E-state index contributed by atoms with van der Waals surface area (Å²) in [6.07, 6.45) is 7.43. The number of nitrogens with one attached hydrogen (secondary N) is 1. The Hall–Kier alpha value is -2.34. The minimum Gasteiger partial charge on any atom is -0.352 e. The lowest BCUT2D eigenvalue weighted by atomic mass is 9.89. The lowest BCUT2D eigenvalue weighted by Crippen LogP contribution is -2.31. The highest BCUT2D eigenvalue weighted by Gasteiger charge is 2.20. The number of rotatable bonds is 7. The van der Waals surface area contributed by atoms with Gasteiger partial charge in [-0.2, -0.15) is 0 Å². The van der Waals surface area contributed by atoms with E-state index in [1.807, 2.05) is 44.2 Å². The van der Waals surface area contributed by atoms with Gasteiger partial charge < -0.3 is 5.32 Å². The van der Waals surface area contributed by atoms with Gasteiger partial charge in [-0.25, -0.2) is 8.42 Å². The molecular formula is C24H32N2O3S. The molecule has 1 N–H and O–H groups in total. The standard InChI is InChI=1S/C24H32N2O3S/c1-18-9-14-23(19(2)15-18)26(30(3,28)29)17-21-10-12-22(13-11-21)24(27)25-16-20-7-5-4-6-8-20/h9-15,20H,4-8,16-17H2,1-3H3,(H,25,27). The Balaban J connectivity index is 1.68. The molecule has 6 heteroatoms. The van der Waals surface area contributed by atoms with Crippen LogP contribution in [0.5, 0.6) is 0 Å². The zero-order valence-corrected chi connectivity index (χ0v) is 19.0. The Morgan fingerprint density at radius 3 is 2.30 bits per heavy atom. The number of carbonyl (C=O) groups excluding carboxylic acids is 1. The fourth-order valence-electron chi connectivity index (χ4n) is 4.12. The lowest BCUT2D eigenvalue weighted by molar-refractivity contribution is 0.0943. The molecule has 1 amide bonds. The van der Waals surface area contributed by atoms with E-state index in [2.05, 4.69) is 5.32 Å². The summed E-state index contributed by atoms with van der Waals surface area (Å²) < 4.78 is 26.3. The Morgan fingerprint density at radius 1 is 1.03 bits per heavy atom. The quantitative estimate of drug-likeness (QED) is 0.702. The molecule has 162 valence electrons. The number of carbonyl (C=O) groups is 1. The van der Waals surface area contributed by atoms with Crippen LogP contribution in [0.25, 0.3) is 0 Å². The SMILES string of the molecule is Cc1ccc(N(Cc2ccc(C(=O)NCC3CCCCC3)cc2)S(C)(=O)=O)c(C)c1. The molecule has 0 atom stereocenters. The van der Waals surface area contributed by atoms with Gasteiger partial charge in [0.05, 0.1) is 18.5 Å². The van der Waals surface area contributed by atoms with Crippen LogP contribution < -0.4 is 9.62 Å². The average molecular weight is 429 g/mol. The zero-order valence-electron chi connectivity index (χ0n) is 18.1. The first-order chi connectivity index (χ1) is 14.2. The van der Waals surface area contributed by atoms with Gasteiger partial charge in [0.1, 0.15) is 0 Å². The number of sulfonamides is 1. The summed E-state index contributed by atoms with van der Waals surface area (Å²) in [5, 5.41) is 3.05. The van der Waals surface area contributed by atoms with Crippen molar-refractivity contribution in [1.82, 2.24) is 5.32 Å². The van der Waals surface area contributed by atoms with Gasteiger partial charge in [0.15, 0.2) is 0 Å². The molecule has 0 radical (unpaired) electrons. The molecule has 0 aromatic heterocycles. The minimum atomic E-state index is -3.45.